The van der Waals surface area contributed by atoms with Crippen LogP contribution in [0.25, 0.3) is 0 Å². The van der Waals surface area contributed by atoms with E-state index in [1.54, 1.807) is 12.1 Å². The van der Waals surface area contributed by atoms with Crippen LogP contribution in [-0.2, 0) is 6.54 Å². The Balaban J connectivity index is 1.73. The van der Waals surface area contributed by atoms with Crippen LogP contribution in [0, 0.1) is 0 Å². The summed E-state index contributed by atoms with van der Waals surface area (Å²) in [6, 6.07) is 8.31. The Kier molecular flexibility index (Phi) is 4.51. The summed E-state index contributed by atoms with van der Waals surface area (Å²) in [5.74, 6) is 0.355. The van der Waals surface area contributed by atoms with E-state index in [0.29, 0.717) is 17.3 Å². The summed E-state index contributed by atoms with van der Waals surface area (Å²) >= 11 is 0. The molecule has 2 N–H and O–H groups in total. The Hall–Kier alpha value is -1.06. The van der Waals surface area contributed by atoms with Crippen LogP contribution in [0.15, 0.2) is 24.3 Å². The first kappa shape index (κ1) is 14.9. The van der Waals surface area contributed by atoms with Crippen molar-refractivity contribution in [3.8, 4) is 5.75 Å². The van der Waals surface area contributed by atoms with Crippen molar-refractivity contribution >= 4 is 0 Å². The maximum absolute atomic E-state index is 9.43. The van der Waals surface area contributed by atoms with Crippen LogP contribution in [0.1, 0.15) is 51.0 Å². The van der Waals surface area contributed by atoms with Gasteiger partial charge >= 0.3 is 0 Å². The van der Waals surface area contributed by atoms with E-state index in [9.17, 15) is 5.11 Å². The van der Waals surface area contributed by atoms with Gasteiger partial charge in [-0.1, -0.05) is 31.4 Å². The van der Waals surface area contributed by atoms with Gasteiger partial charge in [0, 0.05) is 24.7 Å². The fraction of sp³-hybridized carbons (Fsp3) is 0.667. The number of phenolic OH excluding ortho intramolecular Hbond substituents is 1. The Morgan fingerprint density at radius 1 is 1.19 bits per heavy atom. The highest BCUT2D eigenvalue weighted by molar-refractivity contribution is 5.26. The van der Waals surface area contributed by atoms with Crippen LogP contribution >= 0.6 is 0 Å². The van der Waals surface area contributed by atoms with E-state index >= 15 is 0 Å². The number of nitrogens with one attached hydrogen (secondary N) is 1. The Morgan fingerprint density at radius 3 is 2.62 bits per heavy atom. The average molecular weight is 288 g/mol. The second kappa shape index (κ2) is 6.37. The van der Waals surface area contributed by atoms with Crippen molar-refractivity contribution in [3.63, 3.8) is 0 Å². The maximum atomic E-state index is 9.43. The molecule has 1 saturated heterocycles. The monoisotopic (exact) mass is 288 g/mol. The number of aromatic hydroxyl groups is 1. The van der Waals surface area contributed by atoms with E-state index in [0.717, 1.165) is 19.6 Å². The molecule has 1 unspecified atom stereocenters. The molecular weight excluding hydrogens is 260 g/mol. The van der Waals surface area contributed by atoms with Crippen molar-refractivity contribution in [1.82, 2.24) is 10.2 Å². The molecule has 1 aromatic carbocycles. The number of nitrogens with zero attached hydrogens (tertiary/aromatic N) is 1. The second-order valence-electron chi connectivity index (χ2n) is 6.98. The van der Waals surface area contributed by atoms with Crippen LogP contribution in [0.2, 0.25) is 0 Å². The normalized spacial score (nSPS) is 26.6. The van der Waals surface area contributed by atoms with E-state index in [1.165, 1.54) is 44.1 Å². The first-order valence-corrected chi connectivity index (χ1v) is 8.44. The lowest BCUT2D eigenvalue weighted by Crippen LogP contribution is -2.53. The Labute approximate surface area is 128 Å². The van der Waals surface area contributed by atoms with E-state index in [1.807, 2.05) is 12.1 Å². The summed E-state index contributed by atoms with van der Waals surface area (Å²) in [7, 11) is 0. The van der Waals surface area contributed by atoms with Crippen LogP contribution in [0.5, 0.6) is 5.75 Å². The molecule has 3 rings (SSSR count). The first-order valence-electron chi connectivity index (χ1n) is 8.44. The molecule has 1 atom stereocenters. The van der Waals surface area contributed by atoms with E-state index in [-0.39, 0.29) is 0 Å². The van der Waals surface area contributed by atoms with E-state index < -0.39 is 0 Å². The van der Waals surface area contributed by atoms with E-state index in [2.05, 4.69) is 17.1 Å². The van der Waals surface area contributed by atoms with Crippen molar-refractivity contribution in [2.45, 2.75) is 63.6 Å². The molecule has 0 aromatic heterocycles. The fourth-order valence-corrected chi connectivity index (χ4v) is 3.94. The summed E-state index contributed by atoms with van der Waals surface area (Å²) in [6.45, 7) is 5.65. The maximum Gasteiger partial charge on any atom is 0.115 e. The number of hydrogen-bond donors (Lipinski definition) is 2. The standard InChI is InChI=1S/C18H28N2O/c1-15-9-12-19-18(10-3-2-4-11-18)14-20(15)13-16-5-7-17(21)8-6-16/h5-8,15,19,21H,2-4,9-14H2,1H3. The summed E-state index contributed by atoms with van der Waals surface area (Å²) in [5.41, 5.74) is 1.65. The molecule has 116 valence electrons. The average Bonchev–Trinajstić information content (AvgIpc) is 2.63. The molecule has 0 radical (unpaired) electrons. The minimum Gasteiger partial charge on any atom is -0.508 e. The molecule has 1 saturated carbocycles. The fourth-order valence-electron chi connectivity index (χ4n) is 3.94. The van der Waals surface area contributed by atoms with Gasteiger partial charge in [-0.25, -0.2) is 0 Å². The lowest BCUT2D eigenvalue weighted by Gasteiger charge is -2.41. The molecule has 0 bridgehead atoms. The molecule has 1 heterocycles. The number of rotatable bonds is 2. The molecule has 3 heteroatoms. The van der Waals surface area contributed by atoms with Gasteiger partial charge in [0.25, 0.3) is 0 Å². The van der Waals surface area contributed by atoms with Crippen molar-refractivity contribution in [2.75, 3.05) is 13.1 Å². The molecule has 0 amide bonds. The summed E-state index contributed by atoms with van der Waals surface area (Å²) < 4.78 is 0. The molecule has 2 fully saturated rings. The number of benzene rings is 1. The molecule has 3 nitrogen and oxygen atoms in total. The zero-order chi connectivity index (χ0) is 14.7. The van der Waals surface area contributed by atoms with Crippen molar-refractivity contribution in [3.05, 3.63) is 29.8 Å². The quantitative estimate of drug-likeness (QED) is 0.876. The van der Waals surface area contributed by atoms with Crippen LogP contribution < -0.4 is 5.32 Å². The summed E-state index contributed by atoms with van der Waals surface area (Å²) in [6.07, 6.45) is 8.01. The van der Waals surface area contributed by atoms with E-state index in [4.69, 9.17) is 0 Å². The third-order valence-corrected chi connectivity index (χ3v) is 5.32. The largest absolute Gasteiger partial charge is 0.508 e. The summed E-state index contributed by atoms with van der Waals surface area (Å²) in [5, 5.41) is 13.3. The molecule has 1 spiro atoms. The highest BCUT2D eigenvalue weighted by atomic mass is 16.3. The Morgan fingerprint density at radius 2 is 1.90 bits per heavy atom. The highest BCUT2D eigenvalue weighted by Crippen LogP contribution is 2.32. The van der Waals surface area contributed by atoms with Gasteiger partial charge in [-0.3, -0.25) is 4.90 Å². The molecule has 1 aliphatic heterocycles. The van der Waals surface area contributed by atoms with Gasteiger partial charge in [-0.05, 0) is 50.4 Å². The first-order chi connectivity index (χ1) is 10.2. The number of hydrogen-bond acceptors (Lipinski definition) is 3. The van der Waals surface area contributed by atoms with Gasteiger partial charge in [-0.15, -0.1) is 0 Å². The van der Waals surface area contributed by atoms with Gasteiger partial charge in [0.1, 0.15) is 5.75 Å². The molecule has 1 aliphatic carbocycles. The second-order valence-corrected chi connectivity index (χ2v) is 6.98. The minimum atomic E-state index is 0.347. The zero-order valence-electron chi connectivity index (χ0n) is 13.1. The minimum absolute atomic E-state index is 0.347. The van der Waals surface area contributed by atoms with Gasteiger partial charge in [0.2, 0.25) is 0 Å². The van der Waals surface area contributed by atoms with Crippen molar-refractivity contribution in [2.24, 2.45) is 0 Å². The van der Waals surface area contributed by atoms with Crippen LogP contribution in [-0.4, -0.2) is 34.7 Å². The lowest BCUT2D eigenvalue weighted by atomic mass is 9.81. The van der Waals surface area contributed by atoms with Crippen LogP contribution in [0.4, 0.5) is 0 Å². The smallest absolute Gasteiger partial charge is 0.115 e. The van der Waals surface area contributed by atoms with Crippen molar-refractivity contribution < 1.29 is 5.11 Å². The zero-order valence-corrected chi connectivity index (χ0v) is 13.1. The van der Waals surface area contributed by atoms with Gasteiger partial charge in [0.05, 0.1) is 0 Å². The highest BCUT2D eigenvalue weighted by Gasteiger charge is 2.36. The molecule has 21 heavy (non-hydrogen) atoms. The predicted molar refractivity (Wildman–Crippen MR) is 86.4 cm³/mol. The predicted octanol–water partition coefficient (Wildman–Crippen LogP) is 3.28. The lowest BCUT2D eigenvalue weighted by molar-refractivity contribution is 0.131. The topological polar surface area (TPSA) is 35.5 Å². The van der Waals surface area contributed by atoms with Gasteiger partial charge < -0.3 is 10.4 Å². The van der Waals surface area contributed by atoms with Crippen molar-refractivity contribution in [1.29, 1.82) is 0 Å². The van der Waals surface area contributed by atoms with Crippen LogP contribution in [0.3, 0.4) is 0 Å². The molecule has 2 aliphatic rings. The van der Waals surface area contributed by atoms with Gasteiger partial charge in [-0.2, -0.15) is 0 Å². The third kappa shape index (κ3) is 3.58. The number of phenols is 1. The molecule has 1 aromatic rings. The molecular formula is C18H28N2O. The van der Waals surface area contributed by atoms with Gasteiger partial charge in [0.15, 0.2) is 0 Å². The summed E-state index contributed by atoms with van der Waals surface area (Å²) in [4.78, 5) is 2.64. The third-order valence-electron chi connectivity index (χ3n) is 5.32. The Bertz CT molecular complexity index is 451. The SMILES string of the molecule is CC1CCNC2(CCCCC2)CN1Cc1ccc(O)cc1.